The molecule has 1 heterocycles. The number of benzene rings is 4. The van der Waals surface area contributed by atoms with E-state index in [9.17, 15) is 0 Å². The lowest BCUT2D eigenvalue weighted by molar-refractivity contribution is 0.219. The lowest BCUT2D eigenvalue weighted by Crippen LogP contribution is -2.69. The molecule has 1 aliphatic rings. The van der Waals surface area contributed by atoms with Crippen LogP contribution in [0.15, 0.2) is 122 Å². The first kappa shape index (κ1) is 44.2. The predicted molar refractivity (Wildman–Crippen MR) is 246 cm³/mol. The monoisotopic (exact) mass is 820 g/mol. The topological polar surface area (TPSA) is 36.9 Å². The first-order valence-electron chi connectivity index (χ1n) is 21.2. The van der Waals surface area contributed by atoms with Crippen LogP contribution in [-0.2, 0) is 67.8 Å². The van der Waals surface area contributed by atoms with Crippen molar-refractivity contribution in [3.05, 3.63) is 166 Å². The Kier molecular flexibility index (Phi) is 15.5. The van der Waals surface area contributed by atoms with E-state index >= 15 is 0 Å². The van der Waals surface area contributed by atoms with Crippen molar-refractivity contribution in [2.75, 3.05) is 0 Å². The first-order chi connectivity index (χ1) is 26.8. The molecule has 0 spiro atoms. The molecule has 0 saturated carbocycles. The number of hydrogen-bond donors (Lipinski definition) is 0. The Bertz CT molecular complexity index is 1690. The van der Waals surface area contributed by atoms with Crippen LogP contribution in [-0.4, -0.2) is 34.2 Å². The molecule has 300 valence electrons. The van der Waals surface area contributed by atoms with Gasteiger partial charge in [0.25, 0.3) is 0 Å². The van der Waals surface area contributed by atoms with Crippen molar-refractivity contribution in [1.29, 1.82) is 0 Å². The maximum atomic E-state index is 7.59. The molecule has 0 aliphatic carbocycles. The lowest BCUT2D eigenvalue weighted by Gasteiger charge is -2.52. The zero-order valence-electron chi connectivity index (χ0n) is 35.7. The van der Waals surface area contributed by atoms with E-state index in [1.165, 1.54) is 44.5 Å². The van der Waals surface area contributed by atoms with Gasteiger partial charge in [-0.1, -0.05) is 136 Å². The third-order valence-electron chi connectivity index (χ3n) is 12.1. The average molecular weight is 821 g/mol. The summed E-state index contributed by atoms with van der Waals surface area (Å²) in [6, 6.07) is 36.5. The minimum absolute atomic E-state index is 0.150. The summed E-state index contributed by atoms with van der Waals surface area (Å²) in [4.78, 5) is 0. The Balaban J connectivity index is 1.51. The van der Waals surface area contributed by atoms with E-state index in [1.807, 2.05) is 11.4 Å². The fourth-order valence-electron chi connectivity index (χ4n) is 8.25. The Morgan fingerprint density at radius 3 is 0.875 bits per heavy atom. The molecule has 56 heavy (non-hydrogen) atoms. The average Bonchev–Trinajstić information content (AvgIpc) is 3.21. The number of rotatable bonds is 18. The van der Waals surface area contributed by atoms with Crippen LogP contribution in [0, 0.1) is 0 Å². The van der Waals surface area contributed by atoms with Crippen LogP contribution in [0.4, 0.5) is 0 Å². The maximum Gasteiger partial charge on any atom is 0.343 e. The van der Waals surface area contributed by atoms with Gasteiger partial charge in [-0.15, -0.1) is 13.2 Å². The second kappa shape index (κ2) is 19.7. The van der Waals surface area contributed by atoms with E-state index in [2.05, 4.69) is 164 Å². The van der Waals surface area contributed by atoms with Crippen molar-refractivity contribution in [3.8, 4) is 0 Å². The Morgan fingerprint density at radius 2 is 0.643 bits per heavy atom. The van der Waals surface area contributed by atoms with E-state index in [0.29, 0.717) is 0 Å². The van der Waals surface area contributed by atoms with Crippen molar-refractivity contribution in [2.24, 2.45) is 0 Å². The summed E-state index contributed by atoms with van der Waals surface area (Å²) in [7, 11) is -12.2. The number of aryl methyl sites for hydroxylation is 6. The standard InChI is InChI=1S/C48H68O4Si4/c1-11-39-17-25-43(26-18-39)33-35-47(37-45-29-21-41(13-3)22-30-45)55(9)49-53(7,15-5)51-56(10,52-54(8,16-6)50-55)48(38-46-31-23-42(14-4)24-32-46)36-34-44-27-19-40(12-2)20-28-44/h15-32,47-48H,5-6,11-14,33-38H2,1-4,7-10H3. The van der Waals surface area contributed by atoms with E-state index in [1.54, 1.807) is 0 Å². The summed E-state index contributed by atoms with van der Waals surface area (Å²) in [5, 5.41) is 0. The van der Waals surface area contributed by atoms with E-state index in [-0.39, 0.29) is 11.1 Å². The molecule has 0 radical (unpaired) electrons. The van der Waals surface area contributed by atoms with Gasteiger partial charge in [-0.25, -0.2) is 0 Å². The highest BCUT2D eigenvalue weighted by Crippen LogP contribution is 2.44. The highest BCUT2D eigenvalue weighted by molar-refractivity contribution is 6.96. The summed E-state index contributed by atoms with van der Waals surface area (Å²) in [5.41, 5.74) is 15.0. The molecule has 8 heteroatoms. The molecule has 4 nitrogen and oxygen atoms in total. The Morgan fingerprint density at radius 1 is 0.411 bits per heavy atom. The van der Waals surface area contributed by atoms with Gasteiger partial charge in [0.05, 0.1) is 0 Å². The van der Waals surface area contributed by atoms with Gasteiger partial charge in [0.1, 0.15) is 0 Å². The molecular weight excluding hydrogens is 753 g/mol. The fourth-order valence-corrected chi connectivity index (χ4v) is 29.8. The zero-order valence-corrected chi connectivity index (χ0v) is 39.7. The van der Waals surface area contributed by atoms with Gasteiger partial charge in [-0.3, -0.25) is 0 Å². The molecule has 2 atom stereocenters. The molecule has 0 bridgehead atoms. The second-order valence-corrected chi connectivity index (χ2v) is 30.3. The van der Waals surface area contributed by atoms with Crippen LogP contribution in [0.2, 0.25) is 37.3 Å². The lowest BCUT2D eigenvalue weighted by atomic mass is 10.0. The summed E-state index contributed by atoms with van der Waals surface area (Å²) in [5.74, 6) is 0. The molecular formula is C48H68O4Si4. The van der Waals surface area contributed by atoms with Crippen LogP contribution >= 0.6 is 0 Å². The third-order valence-corrected chi connectivity index (χ3v) is 30.5. The van der Waals surface area contributed by atoms with Gasteiger partial charge >= 0.3 is 34.2 Å². The maximum absolute atomic E-state index is 7.59. The summed E-state index contributed by atoms with van der Waals surface area (Å²) in [6.45, 7) is 26.5. The van der Waals surface area contributed by atoms with Crippen molar-refractivity contribution in [2.45, 2.75) is 129 Å². The van der Waals surface area contributed by atoms with E-state index in [0.717, 1.165) is 64.2 Å². The quantitative estimate of drug-likeness (QED) is 0.0937. The van der Waals surface area contributed by atoms with Crippen LogP contribution in [0.1, 0.15) is 85.0 Å². The van der Waals surface area contributed by atoms with Crippen LogP contribution in [0.3, 0.4) is 0 Å². The molecule has 0 aromatic heterocycles. The van der Waals surface area contributed by atoms with Gasteiger partial charge in [0, 0.05) is 11.1 Å². The molecule has 1 saturated heterocycles. The minimum Gasteiger partial charge on any atom is -0.412 e. The summed E-state index contributed by atoms with van der Waals surface area (Å²) in [6.07, 6.45) is 9.63. The van der Waals surface area contributed by atoms with Gasteiger partial charge < -0.3 is 16.5 Å². The molecule has 5 rings (SSSR count). The largest absolute Gasteiger partial charge is 0.412 e. The normalized spacial score (nSPS) is 25.1. The third kappa shape index (κ3) is 11.6. The summed E-state index contributed by atoms with van der Waals surface area (Å²) < 4.78 is 30.4. The summed E-state index contributed by atoms with van der Waals surface area (Å²) >= 11 is 0. The molecule has 0 N–H and O–H groups in total. The second-order valence-electron chi connectivity index (χ2n) is 16.4. The molecule has 0 amide bonds. The molecule has 2 unspecified atom stereocenters. The Labute approximate surface area is 344 Å². The van der Waals surface area contributed by atoms with Gasteiger partial charge in [-0.2, -0.15) is 0 Å². The van der Waals surface area contributed by atoms with Crippen molar-refractivity contribution in [3.63, 3.8) is 0 Å². The van der Waals surface area contributed by atoms with Crippen LogP contribution in [0.25, 0.3) is 0 Å². The fraction of sp³-hybridized carbons (Fsp3) is 0.417. The van der Waals surface area contributed by atoms with Gasteiger partial charge in [0.2, 0.25) is 0 Å². The SMILES string of the molecule is C=C[Si]1(C)O[Si](C)(C(CCc2ccc(CC)cc2)Cc2ccc(CC)cc2)O[Si](C)(C=C)O[Si](C)(C(CCc2ccc(CC)cc2)Cc2ccc(CC)cc2)O1. The highest BCUT2D eigenvalue weighted by Gasteiger charge is 2.59. The van der Waals surface area contributed by atoms with Crippen LogP contribution < -0.4 is 0 Å². The van der Waals surface area contributed by atoms with Crippen molar-refractivity contribution < 1.29 is 16.5 Å². The zero-order chi connectivity index (χ0) is 40.4. The van der Waals surface area contributed by atoms with Crippen molar-refractivity contribution >= 4 is 34.2 Å². The highest BCUT2D eigenvalue weighted by atomic mass is 28.5. The van der Waals surface area contributed by atoms with E-state index < -0.39 is 34.2 Å². The van der Waals surface area contributed by atoms with E-state index in [4.69, 9.17) is 16.5 Å². The molecule has 4 aromatic rings. The minimum atomic E-state index is -3.05. The molecule has 1 fully saturated rings. The van der Waals surface area contributed by atoms with Gasteiger partial charge in [-0.05, 0) is 135 Å². The van der Waals surface area contributed by atoms with Crippen LogP contribution in [0.5, 0.6) is 0 Å². The van der Waals surface area contributed by atoms with Gasteiger partial charge in [0.15, 0.2) is 0 Å². The smallest absolute Gasteiger partial charge is 0.343 e. The van der Waals surface area contributed by atoms with Crippen molar-refractivity contribution in [1.82, 2.24) is 0 Å². The molecule has 1 aliphatic heterocycles. The predicted octanol–water partition coefficient (Wildman–Crippen LogP) is 12.5. The first-order valence-corrected chi connectivity index (χ1v) is 30.8. The molecule has 4 aromatic carbocycles. The number of hydrogen-bond acceptors (Lipinski definition) is 4. The Hall–Kier alpha value is -2.93.